The number of nitrogens with zero attached hydrogens (tertiary/aromatic N) is 4. The number of anilines is 2. The summed E-state index contributed by atoms with van der Waals surface area (Å²) >= 11 is 5.98. The molecule has 0 aliphatic carbocycles. The summed E-state index contributed by atoms with van der Waals surface area (Å²) in [5, 5.41) is 7.14. The van der Waals surface area contributed by atoms with Crippen molar-refractivity contribution in [3.05, 3.63) is 82.6 Å². The molecule has 0 bridgehead atoms. The van der Waals surface area contributed by atoms with Gasteiger partial charge in [-0.25, -0.2) is 14.1 Å². The molecule has 2 heterocycles. The minimum absolute atomic E-state index is 0.0164. The molecular formula is C22H18ClFN6O2. The Morgan fingerprint density at radius 1 is 1.16 bits per heavy atom. The molecular weight excluding hydrogens is 435 g/mol. The highest BCUT2D eigenvalue weighted by Crippen LogP contribution is 2.32. The lowest BCUT2D eigenvalue weighted by molar-refractivity contribution is 0.102. The summed E-state index contributed by atoms with van der Waals surface area (Å²) in [6.45, 7) is 3.55. The van der Waals surface area contributed by atoms with Gasteiger partial charge in [0.15, 0.2) is 11.6 Å². The van der Waals surface area contributed by atoms with Crippen molar-refractivity contribution < 1.29 is 13.9 Å². The van der Waals surface area contributed by atoms with Gasteiger partial charge in [-0.05, 0) is 38.1 Å². The number of aryl methyl sites for hydroxylation is 1. The summed E-state index contributed by atoms with van der Waals surface area (Å²) in [7, 11) is 0. The number of hydrogen-bond acceptors (Lipinski definition) is 6. The molecule has 4 rings (SSSR count). The van der Waals surface area contributed by atoms with Crippen LogP contribution in [0.15, 0.2) is 54.9 Å². The average molecular weight is 453 g/mol. The van der Waals surface area contributed by atoms with Gasteiger partial charge in [-0.3, -0.25) is 4.79 Å². The van der Waals surface area contributed by atoms with E-state index < -0.39 is 11.7 Å². The largest absolute Gasteiger partial charge is 0.434 e. The van der Waals surface area contributed by atoms with Gasteiger partial charge in [0.1, 0.15) is 17.2 Å². The third-order valence-corrected chi connectivity index (χ3v) is 5.06. The molecule has 0 atom stereocenters. The normalized spacial score (nSPS) is 10.8. The maximum absolute atomic E-state index is 14.6. The van der Waals surface area contributed by atoms with Gasteiger partial charge in [-0.2, -0.15) is 10.1 Å². The number of carbonyl (C=O) groups is 1. The molecule has 3 N–H and O–H groups in total. The Bertz CT molecular complexity index is 1310. The number of nitrogens with two attached hydrogens (primary N) is 1. The van der Waals surface area contributed by atoms with Crippen LogP contribution in [0, 0.1) is 19.7 Å². The molecule has 0 aliphatic rings. The number of ether oxygens (including phenoxy) is 1. The van der Waals surface area contributed by atoms with Gasteiger partial charge in [-0.1, -0.05) is 29.8 Å². The molecule has 162 valence electrons. The Morgan fingerprint density at radius 2 is 1.91 bits per heavy atom. The molecule has 1 amide bonds. The fourth-order valence-electron chi connectivity index (χ4n) is 3.19. The van der Waals surface area contributed by atoms with Crippen LogP contribution in [0.3, 0.4) is 0 Å². The highest BCUT2D eigenvalue weighted by Gasteiger charge is 2.20. The lowest BCUT2D eigenvalue weighted by Gasteiger charge is -2.10. The number of amides is 1. The van der Waals surface area contributed by atoms with Gasteiger partial charge in [0.25, 0.3) is 5.91 Å². The van der Waals surface area contributed by atoms with Gasteiger partial charge in [0.05, 0.1) is 22.6 Å². The molecule has 0 radical (unpaired) electrons. The zero-order valence-corrected chi connectivity index (χ0v) is 17.9. The first-order valence-corrected chi connectivity index (χ1v) is 9.89. The lowest BCUT2D eigenvalue weighted by Crippen LogP contribution is -2.14. The quantitative estimate of drug-likeness (QED) is 0.454. The van der Waals surface area contributed by atoms with Crippen molar-refractivity contribution in [1.82, 2.24) is 19.7 Å². The van der Waals surface area contributed by atoms with E-state index in [1.54, 1.807) is 18.5 Å². The molecule has 8 nitrogen and oxygen atoms in total. The van der Waals surface area contributed by atoms with Crippen LogP contribution >= 0.6 is 11.6 Å². The number of nitrogens with one attached hydrogen (secondary N) is 1. The Morgan fingerprint density at radius 3 is 2.62 bits per heavy atom. The summed E-state index contributed by atoms with van der Waals surface area (Å²) in [6.07, 6.45) is 1.16. The summed E-state index contributed by atoms with van der Waals surface area (Å²) in [4.78, 5) is 20.5. The van der Waals surface area contributed by atoms with Crippen LogP contribution in [0.4, 0.5) is 15.9 Å². The molecule has 0 fully saturated rings. The second-order valence-electron chi connectivity index (χ2n) is 6.87. The van der Waals surface area contributed by atoms with E-state index in [-0.39, 0.29) is 28.2 Å². The van der Waals surface area contributed by atoms with Crippen LogP contribution in [0.25, 0.3) is 5.69 Å². The Kier molecular flexibility index (Phi) is 5.74. The van der Waals surface area contributed by atoms with E-state index in [4.69, 9.17) is 22.1 Å². The fraction of sp³-hybridized carbons (Fsp3) is 0.0909. The zero-order chi connectivity index (χ0) is 22.8. The maximum Gasteiger partial charge on any atom is 0.259 e. The lowest BCUT2D eigenvalue weighted by atomic mass is 10.1. The molecule has 32 heavy (non-hydrogen) atoms. The van der Waals surface area contributed by atoms with Gasteiger partial charge in [-0.15, -0.1) is 0 Å². The van der Waals surface area contributed by atoms with Gasteiger partial charge >= 0.3 is 0 Å². The van der Waals surface area contributed by atoms with E-state index in [0.29, 0.717) is 17.0 Å². The number of benzene rings is 2. The van der Waals surface area contributed by atoms with Gasteiger partial charge in [0.2, 0.25) is 5.88 Å². The first kappa shape index (κ1) is 21.3. The Hall–Kier alpha value is -3.98. The minimum Gasteiger partial charge on any atom is -0.434 e. The SMILES string of the molecule is Cc1nn(-c2ccccc2)c(C)c1C(=O)Nc1ccc(Oc2ncnc(N)c2Cl)c(F)c1. The minimum atomic E-state index is -0.718. The fourth-order valence-corrected chi connectivity index (χ4v) is 3.32. The molecule has 2 aromatic heterocycles. The van der Waals surface area contributed by atoms with Crippen molar-refractivity contribution in [2.24, 2.45) is 0 Å². The topological polar surface area (TPSA) is 108 Å². The van der Waals surface area contributed by atoms with Crippen LogP contribution in [0.5, 0.6) is 11.6 Å². The third-order valence-electron chi connectivity index (χ3n) is 4.70. The number of hydrogen-bond donors (Lipinski definition) is 2. The summed E-state index contributed by atoms with van der Waals surface area (Å²) in [5.74, 6) is -1.31. The zero-order valence-electron chi connectivity index (χ0n) is 17.1. The van der Waals surface area contributed by atoms with E-state index in [9.17, 15) is 9.18 Å². The van der Waals surface area contributed by atoms with Crippen molar-refractivity contribution in [2.45, 2.75) is 13.8 Å². The third kappa shape index (κ3) is 4.10. The summed E-state index contributed by atoms with van der Waals surface area (Å²) in [5.41, 5.74) is 8.32. The number of carbonyl (C=O) groups excluding carboxylic acids is 1. The number of nitrogen functional groups attached to an aromatic ring is 1. The molecule has 0 unspecified atom stereocenters. The molecule has 0 saturated carbocycles. The van der Waals surface area contributed by atoms with Crippen LogP contribution < -0.4 is 15.8 Å². The van der Waals surface area contributed by atoms with E-state index in [2.05, 4.69) is 20.4 Å². The summed E-state index contributed by atoms with van der Waals surface area (Å²) < 4.78 is 21.7. The average Bonchev–Trinajstić information content (AvgIpc) is 3.07. The summed E-state index contributed by atoms with van der Waals surface area (Å²) in [6, 6.07) is 13.5. The predicted molar refractivity (Wildman–Crippen MR) is 119 cm³/mol. The number of halogens is 2. The number of aromatic nitrogens is 4. The molecule has 4 aromatic rings. The highest BCUT2D eigenvalue weighted by atomic mass is 35.5. The number of para-hydroxylation sites is 1. The van der Waals surface area contributed by atoms with Crippen LogP contribution in [0.2, 0.25) is 5.02 Å². The van der Waals surface area contributed by atoms with E-state index in [1.807, 2.05) is 30.3 Å². The molecule has 0 saturated heterocycles. The molecule has 0 aliphatic heterocycles. The first-order valence-electron chi connectivity index (χ1n) is 9.51. The van der Waals surface area contributed by atoms with Crippen molar-refractivity contribution in [3.8, 4) is 17.3 Å². The second kappa shape index (κ2) is 8.64. The standard InChI is InChI=1S/C22H18ClFN6O2/c1-12-18(13(2)30(29-12)15-6-4-3-5-7-15)21(31)28-14-8-9-17(16(24)10-14)32-22-19(23)20(25)26-11-27-22/h3-11H,1-2H3,(H,28,31)(H2,25,26,27). The van der Waals surface area contributed by atoms with Gasteiger partial charge in [0, 0.05) is 11.8 Å². The van der Waals surface area contributed by atoms with Crippen LogP contribution in [-0.4, -0.2) is 25.7 Å². The van der Waals surface area contributed by atoms with Crippen LogP contribution in [-0.2, 0) is 0 Å². The Balaban J connectivity index is 1.55. The second-order valence-corrected chi connectivity index (χ2v) is 7.25. The number of rotatable bonds is 5. The smallest absolute Gasteiger partial charge is 0.259 e. The van der Waals surface area contributed by atoms with Crippen molar-refractivity contribution in [2.75, 3.05) is 11.1 Å². The van der Waals surface area contributed by atoms with E-state index in [0.717, 1.165) is 18.1 Å². The van der Waals surface area contributed by atoms with Crippen molar-refractivity contribution in [1.29, 1.82) is 0 Å². The molecule has 0 spiro atoms. The first-order chi connectivity index (χ1) is 15.3. The van der Waals surface area contributed by atoms with Crippen molar-refractivity contribution in [3.63, 3.8) is 0 Å². The van der Waals surface area contributed by atoms with Crippen LogP contribution in [0.1, 0.15) is 21.7 Å². The molecule has 10 heteroatoms. The Labute approximate surface area is 187 Å². The van der Waals surface area contributed by atoms with E-state index >= 15 is 0 Å². The predicted octanol–water partition coefficient (Wildman–Crippen LogP) is 4.70. The maximum atomic E-state index is 14.6. The van der Waals surface area contributed by atoms with E-state index in [1.165, 1.54) is 12.1 Å². The highest BCUT2D eigenvalue weighted by molar-refractivity contribution is 6.34. The van der Waals surface area contributed by atoms with Crippen molar-refractivity contribution >= 4 is 29.0 Å². The monoisotopic (exact) mass is 452 g/mol. The molecule has 2 aromatic carbocycles. The van der Waals surface area contributed by atoms with Gasteiger partial charge < -0.3 is 15.8 Å².